The van der Waals surface area contributed by atoms with Crippen molar-refractivity contribution in [3.63, 3.8) is 0 Å². The Balaban J connectivity index is 1.86. The predicted octanol–water partition coefficient (Wildman–Crippen LogP) is 1.01. The van der Waals surface area contributed by atoms with E-state index >= 15 is 0 Å². The zero-order chi connectivity index (χ0) is 19.7. The average Bonchev–Trinajstić information content (AvgIpc) is 3.10. The molecule has 6 unspecified atom stereocenters. The van der Waals surface area contributed by atoms with Crippen molar-refractivity contribution in [3.05, 3.63) is 35.5 Å². The summed E-state index contributed by atoms with van der Waals surface area (Å²) in [5.74, 6) is -3.00. The van der Waals surface area contributed by atoms with Crippen LogP contribution in [-0.2, 0) is 28.6 Å². The van der Waals surface area contributed by atoms with E-state index in [2.05, 4.69) is 6.58 Å². The molecule has 0 aromatic carbocycles. The SMILES string of the molecule is C=C1C(=O)OC2C1C(=O)C1OC1(C)C1(OC(=O)C(C)=CC)CC=C(CO)C21. The van der Waals surface area contributed by atoms with Gasteiger partial charge in [-0.25, -0.2) is 9.59 Å². The molecule has 4 rings (SSSR count). The largest absolute Gasteiger partial charge is 0.457 e. The average molecular weight is 374 g/mol. The molecule has 6 atom stereocenters. The number of ketones is 1. The van der Waals surface area contributed by atoms with Crippen LogP contribution in [0.5, 0.6) is 0 Å². The minimum Gasteiger partial charge on any atom is -0.457 e. The van der Waals surface area contributed by atoms with Gasteiger partial charge in [-0.15, -0.1) is 0 Å². The van der Waals surface area contributed by atoms with Gasteiger partial charge in [0.25, 0.3) is 0 Å². The van der Waals surface area contributed by atoms with Crippen LogP contribution >= 0.6 is 0 Å². The second-order valence-electron chi connectivity index (χ2n) is 7.75. The summed E-state index contributed by atoms with van der Waals surface area (Å²) < 4.78 is 17.3. The van der Waals surface area contributed by atoms with Crippen LogP contribution in [0.1, 0.15) is 27.2 Å². The molecule has 0 aromatic rings. The van der Waals surface area contributed by atoms with Crippen LogP contribution in [0.25, 0.3) is 0 Å². The molecule has 144 valence electrons. The molecule has 7 heteroatoms. The molecule has 1 N–H and O–H groups in total. The number of carbonyl (C=O) groups excluding carboxylic acids is 3. The number of ether oxygens (including phenoxy) is 3. The highest BCUT2D eigenvalue weighted by atomic mass is 16.7. The normalized spacial score (nSPS) is 42.6. The first kappa shape index (κ1) is 18.1. The van der Waals surface area contributed by atoms with Crippen LogP contribution in [-0.4, -0.2) is 52.8 Å². The first-order valence-corrected chi connectivity index (χ1v) is 8.99. The molecule has 2 heterocycles. The third-order valence-electron chi connectivity index (χ3n) is 6.53. The third kappa shape index (κ3) is 2.12. The maximum absolute atomic E-state index is 13.0. The van der Waals surface area contributed by atoms with Crippen molar-refractivity contribution in [2.45, 2.75) is 50.6 Å². The molecule has 27 heavy (non-hydrogen) atoms. The van der Waals surface area contributed by atoms with Gasteiger partial charge in [-0.1, -0.05) is 18.7 Å². The van der Waals surface area contributed by atoms with E-state index in [0.717, 1.165) is 0 Å². The quantitative estimate of drug-likeness (QED) is 0.340. The lowest BCUT2D eigenvalue weighted by Crippen LogP contribution is -2.55. The highest BCUT2D eigenvalue weighted by Gasteiger charge is 2.79. The monoisotopic (exact) mass is 374 g/mol. The fourth-order valence-electron chi connectivity index (χ4n) is 4.77. The number of hydrogen-bond donors (Lipinski definition) is 1. The number of aliphatic hydroxyl groups is 1. The number of fused-ring (bicyclic) bond motifs is 5. The van der Waals surface area contributed by atoms with E-state index < -0.39 is 47.2 Å². The van der Waals surface area contributed by atoms with E-state index in [0.29, 0.717) is 11.1 Å². The number of aliphatic hydroxyl groups excluding tert-OH is 1. The Kier molecular flexibility index (Phi) is 3.78. The molecule has 2 aliphatic carbocycles. The van der Waals surface area contributed by atoms with Gasteiger partial charge >= 0.3 is 11.9 Å². The Morgan fingerprint density at radius 2 is 2.19 bits per heavy atom. The maximum Gasteiger partial charge on any atom is 0.334 e. The van der Waals surface area contributed by atoms with Gasteiger partial charge in [-0.05, 0) is 26.3 Å². The first-order chi connectivity index (χ1) is 12.7. The summed E-state index contributed by atoms with van der Waals surface area (Å²) in [7, 11) is 0. The van der Waals surface area contributed by atoms with Crippen molar-refractivity contribution in [1.82, 2.24) is 0 Å². The molecular weight excluding hydrogens is 352 g/mol. The number of allylic oxidation sites excluding steroid dienone is 1. The van der Waals surface area contributed by atoms with Crippen LogP contribution in [0, 0.1) is 11.8 Å². The molecular formula is C20H22O7. The second kappa shape index (κ2) is 5.62. The fraction of sp³-hybridized carbons (Fsp3) is 0.550. The number of hydrogen-bond acceptors (Lipinski definition) is 7. The van der Waals surface area contributed by atoms with E-state index in [1.165, 1.54) is 0 Å². The number of rotatable bonds is 3. The summed E-state index contributed by atoms with van der Waals surface area (Å²) in [6.45, 7) is 8.53. The van der Waals surface area contributed by atoms with Crippen LogP contribution in [0.2, 0.25) is 0 Å². The molecule has 4 aliphatic rings. The van der Waals surface area contributed by atoms with Crippen molar-refractivity contribution >= 4 is 17.7 Å². The Bertz CT molecular complexity index is 837. The second-order valence-corrected chi connectivity index (χ2v) is 7.75. The van der Waals surface area contributed by atoms with Crippen LogP contribution in [0.15, 0.2) is 35.5 Å². The molecule has 0 aromatic heterocycles. The van der Waals surface area contributed by atoms with Gasteiger partial charge in [0.05, 0.1) is 18.4 Å². The highest BCUT2D eigenvalue weighted by Crippen LogP contribution is 2.63. The van der Waals surface area contributed by atoms with Crippen molar-refractivity contribution < 1.29 is 33.7 Å². The van der Waals surface area contributed by atoms with Gasteiger partial charge in [0.1, 0.15) is 11.7 Å². The van der Waals surface area contributed by atoms with Crippen LogP contribution < -0.4 is 0 Å². The Morgan fingerprint density at radius 1 is 1.48 bits per heavy atom. The van der Waals surface area contributed by atoms with Crippen molar-refractivity contribution in [1.29, 1.82) is 0 Å². The summed E-state index contributed by atoms with van der Waals surface area (Å²) in [6, 6.07) is 0. The minimum absolute atomic E-state index is 0.0822. The molecule has 3 fully saturated rings. The van der Waals surface area contributed by atoms with E-state index in [9.17, 15) is 19.5 Å². The van der Waals surface area contributed by atoms with Gasteiger partial charge < -0.3 is 19.3 Å². The Hall–Kier alpha value is -2.25. The molecule has 2 saturated heterocycles. The number of epoxide rings is 1. The van der Waals surface area contributed by atoms with Crippen LogP contribution in [0.4, 0.5) is 0 Å². The standard InChI is InChI=1S/C20H22O7/c1-5-9(2)17(23)27-20-7-6-11(8-21)13(20)15-12(10(3)18(24)25-15)14(22)16-19(20,4)26-16/h5-6,12-13,15-16,21H,3,7-8H2,1-2,4H3. The molecule has 7 nitrogen and oxygen atoms in total. The summed E-state index contributed by atoms with van der Waals surface area (Å²) in [5.41, 5.74) is -1.22. The van der Waals surface area contributed by atoms with Gasteiger partial charge in [-0.3, -0.25) is 4.79 Å². The fourth-order valence-corrected chi connectivity index (χ4v) is 4.77. The molecule has 1 saturated carbocycles. The van der Waals surface area contributed by atoms with Gasteiger partial charge in [0.15, 0.2) is 17.5 Å². The Morgan fingerprint density at radius 3 is 2.81 bits per heavy atom. The van der Waals surface area contributed by atoms with Gasteiger partial charge in [-0.2, -0.15) is 0 Å². The third-order valence-corrected chi connectivity index (χ3v) is 6.53. The topological polar surface area (TPSA) is 102 Å². The van der Waals surface area contributed by atoms with Crippen molar-refractivity contribution in [2.75, 3.05) is 6.61 Å². The molecule has 2 aliphatic heterocycles. The van der Waals surface area contributed by atoms with Gasteiger partial charge in [0.2, 0.25) is 0 Å². The van der Waals surface area contributed by atoms with E-state index in [-0.39, 0.29) is 24.4 Å². The lowest BCUT2D eigenvalue weighted by molar-refractivity contribution is -0.177. The zero-order valence-electron chi connectivity index (χ0n) is 15.5. The smallest absolute Gasteiger partial charge is 0.334 e. The van der Waals surface area contributed by atoms with Gasteiger partial charge in [0, 0.05) is 17.6 Å². The lowest BCUT2D eigenvalue weighted by atomic mass is 9.73. The number of Topliss-reactive ketones (excluding diaryl/α,β-unsaturated/α-hetero) is 1. The molecule has 0 spiro atoms. The molecule has 0 bridgehead atoms. The van der Waals surface area contributed by atoms with Crippen molar-refractivity contribution in [2.24, 2.45) is 11.8 Å². The van der Waals surface area contributed by atoms with E-state index in [1.807, 2.05) is 0 Å². The highest BCUT2D eigenvalue weighted by molar-refractivity contribution is 6.04. The number of esters is 2. The summed E-state index contributed by atoms with van der Waals surface area (Å²) in [5, 5.41) is 9.89. The zero-order valence-corrected chi connectivity index (χ0v) is 15.5. The Labute approximate surface area is 156 Å². The lowest BCUT2D eigenvalue weighted by Gasteiger charge is -2.41. The minimum atomic E-state index is -1.24. The van der Waals surface area contributed by atoms with Crippen molar-refractivity contribution in [3.8, 4) is 0 Å². The summed E-state index contributed by atoms with van der Waals surface area (Å²) >= 11 is 0. The summed E-state index contributed by atoms with van der Waals surface area (Å²) in [6.07, 6.45) is 2.01. The maximum atomic E-state index is 13.0. The van der Waals surface area contributed by atoms with E-state index in [1.54, 1.807) is 32.9 Å². The first-order valence-electron chi connectivity index (χ1n) is 8.99. The molecule has 0 radical (unpaired) electrons. The summed E-state index contributed by atoms with van der Waals surface area (Å²) in [4.78, 5) is 37.8. The van der Waals surface area contributed by atoms with E-state index in [4.69, 9.17) is 14.2 Å². The molecule has 0 amide bonds. The predicted molar refractivity (Wildman–Crippen MR) is 92.3 cm³/mol. The van der Waals surface area contributed by atoms with Crippen LogP contribution in [0.3, 0.4) is 0 Å². The number of carbonyl (C=O) groups is 3.